The lowest BCUT2D eigenvalue weighted by molar-refractivity contribution is -0.133. The molecular formula is C18H18ClFN2O2. The molecule has 0 aromatic heterocycles. The van der Waals surface area contributed by atoms with Crippen LogP contribution in [-0.4, -0.2) is 23.3 Å². The van der Waals surface area contributed by atoms with Crippen molar-refractivity contribution in [2.75, 3.05) is 11.9 Å². The average Bonchev–Trinajstić information content (AvgIpc) is 2.52. The molecule has 0 bridgehead atoms. The summed E-state index contributed by atoms with van der Waals surface area (Å²) in [7, 11) is 0. The number of benzene rings is 2. The molecule has 0 saturated carbocycles. The number of nitrogens with zero attached hydrogens (tertiary/aromatic N) is 1. The first-order valence-corrected chi connectivity index (χ1v) is 7.79. The van der Waals surface area contributed by atoms with E-state index in [4.69, 9.17) is 11.6 Å². The minimum atomic E-state index is -0.408. The van der Waals surface area contributed by atoms with Gasteiger partial charge in [0.15, 0.2) is 0 Å². The number of aryl methyl sites for hydroxylation is 1. The zero-order chi connectivity index (χ0) is 17.7. The largest absolute Gasteiger partial charge is 0.329 e. The topological polar surface area (TPSA) is 49.4 Å². The molecule has 126 valence electrons. The number of rotatable bonds is 5. The second kappa shape index (κ2) is 7.93. The fourth-order valence-corrected chi connectivity index (χ4v) is 2.37. The normalized spacial score (nSPS) is 10.3. The molecule has 0 aliphatic heterocycles. The number of anilines is 1. The van der Waals surface area contributed by atoms with Gasteiger partial charge in [-0.05, 0) is 30.7 Å². The molecule has 1 N–H and O–H groups in total. The summed E-state index contributed by atoms with van der Waals surface area (Å²) in [5.74, 6) is -1.09. The molecule has 0 saturated heterocycles. The maximum absolute atomic E-state index is 13.7. The number of hydrogen-bond donors (Lipinski definition) is 1. The predicted octanol–water partition coefficient (Wildman–Crippen LogP) is 3.77. The van der Waals surface area contributed by atoms with Crippen molar-refractivity contribution in [3.05, 3.63) is 64.4 Å². The van der Waals surface area contributed by atoms with Gasteiger partial charge in [-0.1, -0.05) is 35.9 Å². The van der Waals surface area contributed by atoms with Crippen molar-refractivity contribution >= 4 is 29.1 Å². The van der Waals surface area contributed by atoms with Crippen LogP contribution >= 0.6 is 11.6 Å². The summed E-state index contributed by atoms with van der Waals surface area (Å²) in [6.07, 6.45) is 0. The van der Waals surface area contributed by atoms with Gasteiger partial charge in [0, 0.05) is 29.7 Å². The number of nitrogens with one attached hydrogen (secondary N) is 1. The standard InChI is InChI=1S/C18H18ClFN2O2/c1-12-7-8-15(19)9-17(12)21-18(24)11-22(13(2)23)10-14-5-3-4-6-16(14)20/h3-9H,10-11H2,1-2H3,(H,21,24). The SMILES string of the molecule is CC(=O)N(CC(=O)Nc1cc(Cl)ccc1C)Cc1ccccc1F. The molecule has 0 aliphatic carbocycles. The van der Waals surface area contributed by atoms with Crippen molar-refractivity contribution in [1.29, 1.82) is 0 Å². The van der Waals surface area contributed by atoms with Crippen LogP contribution in [-0.2, 0) is 16.1 Å². The Morgan fingerprint density at radius 2 is 1.92 bits per heavy atom. The number of halogens is 2. The van der Waals surface area contributed by atoms with Crippen LogP contribution in [0.3, 0.4) is 0 Å². The monoisotopic (exact) mass is 348 g/mol. The molecule has 2 amide bonds. The second-order valence-corrected chi connectivity index (χ2v) is 5.91. The van der Waals surface area contributed by atoms with E-state index < -0.39 is 5.82 Å². The van der Waals surface area contributed by atoms with Gasteiger partial charge in [0.2, 0.25) is 11.8 Å². The van der Waals surface area contributed by atoms with Gasteiger partial charge in [-0.25, -0.2) is 4.39 Å². The van der Waals surface area contributed by atoms with Crippen LogP contribution in [0.4, 0.5) is 10.1 Å². The molecule has 0 unspecified atom stereocenters. The van der Waals surface area contributed by atoms with Crippen molar-refractivity contribution in [3.63, 3.8) is 0 Å². The molecule has 0 fully saturated rings. The molecule has 0 atom stereocenters. The summed E-state index contributed by atoms with van der Waals surface area (Å²) in [6, 6.07) is 11.3. The molecule has 6 heteroatoms. The summed E-state index contributed by atoms with van der Waals surface area (Å²) >= 11 is 5.92. The van der Waals surface area contributed by atoms with Crippen LogP contribution in [0.25, 0.3) is 0 Å². The molecule has 2 aromatic rings. The maximum atomic E-state index is 13.7. The smallest absolute Gasteiger partial charge is 0.244 e. The molecule has 0 radical (unpaired) electrons. The van der Waals surface area contributed by atoms with Gasteiger partial charge in [0.25, 0.3) is 0 Å². The van der Waals surface area contributed by atoms with Crippen LogP contribution in [0.2, 0.25) is 5.02 Å². The molecule has 0 heterocycles. The number of hydrogen-bond acceptors (Lipinski definition) is 2. The Kier molecular flexibility index (Phi) is 5.93. The van der Waals surface area contributed by atoms with E-state index >= 15 is 0 Å². The number of carbonyl (C=O) groups is 2. The first-order chi connectivity index (χ1) is 11.4. The molecule has 4 nitrogen and oxygen atoms in total. The molecule has 2 aromatic carbocycles. The Balaban J connectivity index is 2.07. The van der Waals surface area contributed by atoms with Gasteiger partial charge in [0.05, 0.1) is 0 Å². The summed E-state index contributed by atoms with van der Waals surface area (Å²) in [4.78, 5) is 25.3. The van der Waals surface area contributed by atoms with Gasteiger partial charge in [-0.3, -0.25) is 9.59 Å². The molecule has 0 aliphatic rings. The minimum Gasteiger partial charge on any atom is -0.329 e. The average molecular weight is 349 g/mol. The summed E-state index contributed by atoms with van der Waals surface area (Å²) in [5, 5.41) is 3.23. The van der Waals surface area contributed by atoms with Crippen molar-refractivity contribution in [2.45, 2.75) is 20.4 Å². The van der Waals surface area contributed by atoms with E-state index in [-0.39, 0.29) is 24.9 Å². The molecule has 2 rings (SSSR count). The lowest BCUT2D eigenvalue weighted by atomic mass is 10.2. The van der Waals surface area contributed by atoms with E-state index in [1.54, 1.807) is 36.4 Å². The first-order valence-electron chi connectivity index (χ1n) is 7.41. The van der Waals surface area contributed by atoms with Crippen LogP contribution in [0.15, 0.2) is 42.5 Å². The molecule has 0 spiro atoms. The highest BCUT2D eigenvalue weighted by Gasteiger charge is 2.16. The lowest BCUT2D eigenvalue weighted by Crippen LogP contribution is -2.36. The highest BCUT2D eigenvalue weighted by Crippen LogP contribution is 2.20. The summed E-state index contributed by atoms with van der Waals surface area (Å²) in [6.45, 7) is 3.05. The van der Waals surface area contributed by atoms with E-state index in [0.717, 1.165) is 5.56 Å². The number of carbonyl (C=O) groups excluding carboxylic acids is 2. The Labute approximate surface area is 145 Å². The van der Waals surface area contributed by atoms with E-state index in [0.29, 0.717) is 16.3 Å². The Morgan fingerprint density at radius 3 is 2.58 bits per heavy atom. The van der Waals surface area contributed by atoms with E-state index in [9.17, 15) is 14.0 Å². The van der Waals surface area contributed by atoms with Gasteiger partial charge in [-0.2, -0.15) is 0 Å². The third-order valence-electron chi connectivity index (χ3n) is 3.57. The van der Waals surface area contributed by atoms with E-state index in [2.05, 4.69) is 5.32 Å². The third kappa shape index (κ3) is 4.80. The van der Waals surface area contributed by atoms with Crippen molar-refractivity contribution in [3.8, 4) is 0 Å². The predicted molar refractivity (Wildman–Crippen MR) is 92.3 cm³/mol. The quantitative estimate of drug-likeness (QED) is 0.894. The Hall–Kier alpha value is -2.40. The lowest BCUT2D eigenvalue weighted by Gasteiger charge is -2.21. The fraction of sp³-hybridized carbons (Fsp3) is 0.222. The summed E-state index contributed by atoms with van der Waals surface area (Å²) in [5.41, 5.74) is 1.80. The zero-order valence-electron chi connectivity index (χ0n) is 13.5. The number of amides is 2. The Bertz CT molecular complexity index is 764. The molecule has 24 heavy (non-hydrogen) atoms. The van der Waals surface area contributed by atoms with E-state index in [1.165, 1.54) is 17.9 Å². The van der Waals surface area contributed by atoms with Crippen molar-refractivity contribution in [1.82, 2.24) is 4.90 Å². The van der Waals surface area contributed by atoms with Crippen LogP contribution < -0.4 is 5.32 Å². The summed E-state index contributed by atoms with van der Waals surface area (Å²) < 4.78 is 13.7. The van der Waals surface area contributed by atoms with E-state index in [1.807, 2.05) is 6.92 Å². The van der Waals surface area contributed by atoms with Crippen LogP contribution in [0.1, 0.15) is 18.1 Å². The second-order valence-electron chi connectivity index (χ2n) is 5.47. The van der Waals surface area contributed by atoms with Crippen LogP contribution in [0, 0.1) is 12.7 Å². The Morgan fingerprint density at radius 1 is 1.21 bits per heavy atom. The van der Waals surface area contributed by atoms with Gasteiger partial charge >= 0.3 is 0 Å². The van der Waals surface area contributed by atoms with Crippen molar-refractivity contribution < 1.29 is 14.0 Å². The zero-order valence-corrected chi connectivity index (χ0v) is 14.2. The minimum absolute atomic E-state index is 0.0317. The van der Waals surface area contributed by atoms with Gasteiger partial charge in [0.1, 0.15) is 12.4 Å². The molecular weight excluding hydrogens is 331 g/mol. The highest BCUT2D eigenvalue weighted by atomic mass is 35.5. The van der Waals surface area contributed by atoms with Crippen molar-refractivity contribution in [2.24, 2.45) is 0 Å². The maximum Gasteiger partial charge on any atom is 0.244 e. The van der Waals surface area contributed by atoms with Crippen LogP contribution in [0.5, 0.6) is 0 Å². The van der Waals surface area contributed by atoms with Gasteiger partial charge < -0.3 is 10.2 Å². The van der Waals surface area contributed by atoms with Gasteiger partial charge in [-0.15, -0.1) is 0 Å². The third-order valence-corrected chi connectivity index (χ3v) is 3.81. The first kappa shape index (κ1) is 17.9. The highest BCUT2D eigenvalue weighted by molar-refractivity contribution is 6.31. The fourth-order valence-electron chi connectivity index (χ4n) is 2.20.